The fourth-order valence-electron chi connectivity index (χ4n) is 4.06. The highest BCUT2D eigenvalue weighted by Gasteiger charge is 2.41. The van der Waals surface area contributed by atoms with Crippen LogP contribution in [-0.2, 0) is 16.0 Å². The topological polar surface area (TPSA) is 40.6 Å². The number of benzene rings is 1. The highest BCUT2D eigenvalue weighted by atomic mass is 35.5. The number of hydrogen-bond acceptors (Lipinski definition) is 3. The van der Waals surface area contributed by atoms with Gasteiger partial charge in [0, 0.05) is 32.9 Å². The molecule has 0 spiro atoms. The van der Waals surface area contributed by atoms with Gasteiger partial charge in [-0.1, -0.05) is 50.0 Å². The zero-order valence-corrected chi connectivity index (χ0v) is 19.8. The Morgan fingerprint density at radius 1 is 1.17 bits per heavy atom. The number of amides is 2. The van der Waals surface area contributed by atoms with E-state index in [1.807, 2.05) is 37.8 Å². The van der Waals surface area contributed by atoms with Crippen molar-refractivity contribution in [2.75, 3.05) is 13.1 Å². The van der Waals surface area contributed by atoms with E-state index in [9.17, 15) is 9.59 Å². The molecule has 1 aromatic carbocycles. The third-order valence-electron chi connectivity index (χ3n) is 5.74. The summed E-state index contributed by atoms with van der Waals surface area (Å²) in [7, 11) is 0. The number of thiophene rings is 1. The number of carbonyl (C=O) groups is 2. The van der Waals surface area contributed by atoms with Crippen LogP contribution in [0.5, 0.6) is 0 Å². The highest BCUT2D eigenvalue weighted by molar-refractivity contribution is 7.10. The molecule has 0 N–H and O–H groups in total. The third kappa shape index (κ3) is 4.25. The Bertz CT molecular complexity index is 978. The summed E-state index contributed by atoms with van der Waals surface area (Å²) in [4.78, 5) is 31.5. The Morgan fingerprint density at radius 3 is 2.53 bits per heavy atom. The van der Waals surface area contributed by atoms with Crippen LogP contribution in [0.15, 0.2) is 29.6 Å². The molecule has 30 heavy (non-hydrogen) atoms. The van der Waals surface area contributed by atoms with Crippen LogP contribution in [0.2, 0.25) is 10.0 Å². The summed E-state index contributed by atoms with van der Waals surface area (Å²) in [6.07, 6.45) is 2.75. The molecule has 2 heterocycles. The van der Waals surface area contributed by atoms with Gasteiger partial charge >= 0.3 is 0 Å². The van der Waals surface area contributed by atoms with Gasteiger partial charge in [0.25, 0.3) is 0 Å². The lowest BCUT2D eigenvalue weighted by atomic mass is 9.92. The molecule has 4 rings (SSSR count). The molecule has 1 unspecified atom stereocenters. The first kappa shape index (κ1) is 21.7. The molecule has 1 aliphatic heterocycles. The Hall–Kier alpha value is -1.56. The number of fused-ring (bicyclic) bond motifs is 1. The number of hydrogen-bond donors (Lipinski definition) is 0. The first-order chi connectivity index (χ1) is 14.2. The smallest absolute Gasteiger partial charge is 0.243 e. The van der Waals surface area contributed by atoms with Crippen molar-refractivity contribution in [3.63, 3.8) is 0 Å². The zero-order valence-electron chi connectivity index (χ0n) is 17.5. The second kappa shape index (κ2) is 8.18. The van der Waals surface area contributed by atoms with Crippen LogP contribution in [0.1, 0.15) is 55.7 Å². The fourth-order valence-corrected chi connectivity index (χ4v) is 5.48. The number of carbonyl (C=O) groups excluding carboxylic acids is 2. The maximum absolute atomic E-state index is 13.5. The summed E-state index contributed by atoms with van der Waals surface area (Å²) in [5, 5.41) is 3.18. The van der Waals surface area contributed by atoms with Crippen molar-refractivity contribution < 1.29 is 9.59 Å². The molecule has 1 atom stereocenters. The van der Waals surface area contributed by atoms with E-state index in [2.05, 4.69) is 11.4 Å². The summed E-state index contributed by atoms with van der Waals surface area (Å²) in [6.45, 7) is 6.44. The van der Waals surface area contributed by atoms with Crippen LogP contribution in [0, 0.1) is 5.41 Å². The maximum atomic E-state index is 13.5. The molecule has 160 valence electrons. The van der Waals surface area contributed by atoms with Crippen molar-refractivity contribution in [2.45, 2.75) is 52.1 Å². The number of halogens is 2. The molecule has 2 aromatic rings. The van der Waals surface area contributed by atoms with Crippen LogP contribution >= 0.6 is 34.5 Å². The third-order valence-corrected chi connectivity index (χ3v) is 7.30. The number of rotatable bonds is 4. The van der Waals surface area contributed by atoms with Crippen molar-refractivity contribution in [1.82, 2.24) is 9.80 Å². The second-order valence-electron chi connectivity index (χ2n) is 9.12. The first-order valence-electron chi connectivity index (χ1n) is 10.3. The molecule has 2 amide bonds. The predicted octanol–water partition coefficient (Wildman–Crippen LogP) is 5.57. The summed E-state index contributed by atoms with van der Waals surface area (Å²) >= 11 is 14.4. The average molecular weight is 465 g/mol. The molecule has 7 heteroatoms. The molecule has 1 aromatic heterocycles. The standard InChI is InChI=1S/C23H26Cl2N2O2S/c1-23(2,3)22(29)27(15-5-6-15)13-20(28)26-10-8-19-17(9-11-30-19)21(26)16-7-4-14(24)12-18(16)25/h4,7,9,11-12,15,21H,5-6,8,10,13H2,1-3H3. The van der Waals surface area contributed by atoms with Crippen molar-refractivity contribution in [3.05, 3.63) is 55.7 Å². The van der Waals surface area contributed by atoms with Gasteiger partial charge in [0.2, 0.25) is 11.8 Å². The lowest BCUT2D eigenvalue weighted by Crippen LogP contribution is -2.49. The van der Waals surface area contributed by atoms with Crippen molar-refractivity contribution in [1.29, 1.82) is 0 Å². The van der Waals surface area contributed by atoms with Gasteiger partial charge in [-0.05, 0) is 54.0 Å². The van der Waals surface area contributed by atoms with Crippen molar-refractivity contribution >= 4 is 46.4 Å². The summed E-state index contributed by atoms with van der Waals surface area (Å²) in [5.41, 5.74) is 1.47. The van der Waals surface area contributed by atoms with Crippen LogP contribution in [0.3, 0.4) is 0 Å². The molecule has 2 aliphatic rings. The van der Waals surface area contributed by atoms with E-state index >= 15 is 0 Å². The van der Waals surface area contributed by atoms with Gasteiger partial charge in [0.1, 0.15) is 6.54 Å². The van der Waals surface area contributed by atoms with Gasteiger partial charge in [-0.15, -0.1) is 11.3 Å². The summed E-state index contributed by atoms with van der Waals surface area (Å²) in [6, 6.07) is 7.44. The normalized spacial score (nSPS) is 18.8. The SMILES string of the molecule is CC(C)(C)C(=O)N(CC(=O)N1CCc2sccc2C1c1ccc(Cl)cc1Cl)C1CC1. The molecular weight excluding hydrogens is 439 g/mol. The van der Waals surface area contributed by atoms with Gasteiger partial charge < -0.3 is 9.80 Å². The molecular formula is C23H26Cl2N2O2S. The number of nitrogens with zero attached hydrogens (tertiary/aromatic N) is 2. The van der Waals surface area contributed by atoms with Crippen LogP contribution in [-0.4, -0.2) is 40.7 Å². The minimum Gasteiger partial charge on any atom is -0.330 e. The quantitative estimate of drug-likeness (QED) is 0.593. The summed E-state index contributed by atoms with van der Waals surface area (Å²) < 4.78 is 0. The van der Waals surface area contributed by atoms with E-state index in [-0.39, 0.29) is 30.4 Å². The first-order valence-corrected chi connectivity index (χ1v) is 11.9. The maximum Gasteiger partial charge on any atom is 0.243 e. The molecule has 4 nitrogen and oxygen atoms in total. The Kier molecular flexibility index (Phi) is 5.90. The molecule has 1 aliphatic carbocycles. The van der Waals surface area contributed by atoms with Gasteiger partial charge in [0.15, 0.2) is 0 Å². The van der Waals surface area contributed by atoms with E-state index in [4.69, 9.17) is 23.2 Å². The lowest BCUT2D eigenvalue weighted by molar-refractivity contribution is -0.147. The van der Waals surface area contributed by atoms with Crippen LogP contribution in [0.25, 0.3) is 0 Å². The van der Waals surface area contributed by atoms with E-state index in [1.165, 1.54) is 4.88 Å². The van der Waals surface area contributed by atoms with Gasteiger partial charge in [-0.25, -0.2) is 0 Å². The van der Waals surface area contributed by atoms with Crippen LogP contribution < -0.4 is 0 Å². The van der Waals surface area contributed by atoms with E-state index in [0.29, 0.717) is 16.6 Å². The Labute approximate surface area is 191 Å². The molecule has 0 radical (unpaired) electrons. The molecule has 1 saturated carbocycles. The highest BCUT2D eigenvalue weighted by Crippen LogP contribution is 2.41. The molecule has 0 bridgehead atoms. The fraction of sp³-hybridized carbons (Fsp3) is 0.478. The Morgan fingerprint density at radius 2 is 1.90 bits per heavy atom. The van der Waals surface area contributed by atoms with Crippen LogP contribution in [0.4, 0.5) is 0 Å². The van der Waals surface area contributed by atoms with E-state index in [0.717, 1.165) is 30.4 Å². The second-order valence-corrected chi connectivity index (χ2v) is 11.0. The average Bonchev–Trinajstić information content (AvgIpc) is 3.40. The van der Waals surface area contributed by atoms with Crippen molar-refractivity contribution in [3.8, 4) is 0 Å². The van der Waals surface area contributed by atoms with Gasteiger partial charge in [-0.2, -0.15) is 0 Å². The van der Waals surface area contributed by atoms with E-state index in [1.54, 1.807) is 22.3 Å². The van der Waals surface area contributed by atoms with E-state index < -0.39 is 5.41 Å². The lowest BCUT2D eigenvalue weighted by Gasteiger charge is -2.38. The van der Waals surface area contributed by atoms with Crippen molar-refractivity contribution in [2.24, 2.45) is 5.41 Å². The Balaban J connectivity index is 1.66. The zero-order chi connectivity index (χ0) is 21.6. The minimum absolute atomic E-state index is 0.0348. The van der Waals surface area contributed by atoms with Gasteiger partial charge in [-0.3, -0.25) is 9.59 Å². The minimum atomic E-state index is -0.510. The monoisotopic (exact) mass is 464 g/mol. The predicted molar refractivity (Wildman–Crippen MR) is 122 cm³/mol. The largest absolute Gasteiger partial charge is 0.330 e. The summed E-state index contributed by atoms with van der Waals surface area (Å²) in [5.74, 6) is 0.0000220. The van der Waals surface area contributed by atoms with Gasteiger partial charge in [0.05, 0.1) is 6.04 Å². The molecule has 0 saturated heterocycles. The molecule has 1 fully saturated rings.